The average molecular weight is 264 g/mol. The lowest BCUT2D eigenvalue weighted by molar-refractivity contribution is -0.162. The van der Waals surface area contributed by atoms with Crippen LogP contribution >= 0.6 is 0 Å². The van der Waals surface area contributed by atoms with Gasteiger partial charge in [0.2, 0.25) is 0 Å². The van der Waals surface area contributed by atoms with Crippen molar-refractivity contribution in [3.63, 3.8) is 0 Å². The summed E-state index contributed by atoms with van der Waals surface area (Å²) in [6.07, 6.45) is 2.07. The summed E-state index contributed by atoms with van der Waals surface area (Å²) < 4.78 is 10.7. The first kappa shape index (κ1) is 12.7. The molecule has 2 aliphatic heterocycles. The molecule has 104 valence electrons. The number of fused-ring (bicyclic) bond motifs is 2. The summed E-state index contributed by atoms with van der Waals surface area (Å²) in [5.74, 6) is 0.397. The van der Waals surface area contributed by atoms with Crippen LogP contribution in [0.4, 0.5) is 0 Å². The van der Waals surface area contributed by atoms with Gasteiger partial charge in [0.1, 0.15) is 6.10 Å². The van der Waals surface area contributed by atoms with Crippen LogP contribution in [0.15, 0.2) is 12.2 Å². The Bertz CT molecular complexity index is 455. The molecule has 0 aromatic carbocycles. The van der Waals surface area contributed by atoms with Crippen LogP contribution in [0.2, 0.25) is 0 Å². The Kier molecular flexibility index (Phi) is 2.73. The van der Waals surface area contributed by atoms with Gasteiger partial charge < -0.3 is 9.47 Å². The average Bonchev–Trinajstić information content (AvgIpc) is 2.54. The van der Waals surface area contributed by atoms with E-state index >= 15 is 0 Å². The van der Waals surface area contributed by atoms with Crippen LogP contribution in [0.3, 0.4) is 0 Å². The molecule has 19 heavy (non-hydrogen) atoms. The minimum atomic E-state index is -0.253. The smallest absolute Gasteiger partial charge is 0.334 e. The highest BCUT2D eigenvalue weighted by Crippen LogP contribution is 2.52. The van der Waals surface area contributed by atoms with E-state index in [-0.39, 0.29) is 29.4 Å². The Morgan fingerprint density at radius 3 is 2.84 bits per heavy atom. The molecule has 0 radical (unpaired) electrons. The molecular weight excluding hydrogens is 244 g/mol. The van der Waals surface area contributed by atoms with Gasteiger partial charge in [-0.05, 0) is 24.7 Å². The second kappa shape index (κ2) is 4.09. The van der Waals surface area contributed by atoms with Crippen LogP contribution in [0.5, 0.6) is 0 Å². The predicted octanol–water partition coefficient (Wildman–Crippen LogP) is 2.08. The van der Waals surface area contributed by atoms with E-state index in [1.807, 2.05) is 0 Å². The first-order valence-electron chi connectivity index (χ1n) is 6.96. The zero-order valence-corrected chi connectivity index (χ0v) is 11.5. The maximum absolute atomic E-state index is 11.7. The molecule has 1 saturated carbocycles. The molecule has 2 saturated heterocycles. The molecule has 0 aromatic rings. The van der Waals surface area contributed by atoms with E-state index in [2.05, 4.69) is 20.4 Å². The van der Waals surface area contributed by atoms with Gasteiger partial charge in [-0.25, -0.2) is 4.79 Å². The number of esters is 2. The van der Waals surface area contributed by atoms with Crippen LogP contribution in [0.25, 0.3) is 0 Å². The van der Waals surface area contributed by atoms with Gasteiger partial charge in [-0.1, -0.05) is 20.4 Å². The van der Waals surface area contributed by atoms with Crippen LogP contribution in [0.1, 0.15) is 33.1 Å². The molecule has 0 unspecified atom stereocenters. The second-order valence-electron chi connectivity index (χ2n) is 6.62. The summed E-state index contributed by atoms with van der Waals surface area (Å²) in [6, 6.07) is 0. The Labute approximate surface area is 113 Å². The number of carbonyl (C=O) groups excluding carboxylic acids is 2. The van der Waals surface area contributed by atoms with Crippen LogP contribution in [-0.2, 0) is 19.1 Å². The molecule has 3 fully saturated rings. The SMILES string of the molecule is C=C1C(=O)O[C@H]2C[C@H](C)[C@H]3CC(=O)OC[C@]3(C)C[C@@H]12. The molecule has 4 heteroatoms. The Hall–Kier alpha value is -1.32. The molecule has 4 nitrogen and oxygen atoms in total. The quantitative estimate of drug-likeness (QED) is 0.496. The van der Waals surface area contributed by atoms with E-state index in [0.717, 1.165) is 12.8 Å². The summed E-state index contributed by atoms with van der Waals surface area (Å²) in [4.78, 5) is 23.2. The topological polar surface area (TPSA) is 52.6 Å². The lowest BCUT2D eigenvalue weighted by atomic mass is 9.66. The zero-order chi connectivity index (χ0) is 13.8. The van der Waals surface area contributed by atoms with Gasteiger partial charge in [0.25, 0.3) is 0 Å². The molecule has 5 atom stereocenters. The summed E-state index contributed by atoms with van der Waals surface area (Å²) in [5.41, 5.74) is 0.528. The number of ether oxygens (including phenoxy) is 2. The molecule has 2 heterocycles. The van der Waals surface area contributed by atoms with Crippen molar-refractivity contribution >= 4 is 11.9 Å². The molecule has 3 aliphatic rings. The molecule has 0 N–H and O–H groups in total. The van der Waals surface area contributed by atoms with Crippen LogP contribution in [0, 0.1) is 23.2 Å². The lowest BCUT2D eigenvalue weighted by Crippen LogP contribution is -2.42. The number of cyclic esters (lactones) is 1. The normalized spacial score (nSPS) is 45.9. The molecular formula is C15H20O4. The highest BCUT2D eigenvalue weighted by Gasteiger charge is 2.52. The van der Waals surface area contributed by atoms with Gasteiger partial charge in [-0.3, -0.25) is 4.79 Å². The van der Waals surface area contributed by atoms with Gasteiger partial charge in [-0.15, -0.1) is 0 Å². The Balaban J connectivity index is 1.93. The minimum absolute atomic E-state index is 0.0625. The van der Waals surface area contributed by atoms with Crippen LogP contribution < -0.4 is 0 Å². The van der Waals surface area contributed by atoms with Crippen molar-refractivity contribution in [2.75, 3.05) is 6.61 Å². The first-order chi connectivity index (χ1) is 8.90. The minimum Gasteiger partial charge on any atom is -0.465 e. The zero-order valence-electron chi connectivity index (χ0n) is 11.5. The molecule has 1 aliphatic carbocycles. The van der Waals surface area contributed by atoms with Crippen molar-refractivity contribution in [1.82, 2.24) is 0 Å². The van der Waals surface area contributed by atoms with Crippen molar-refractivity contribution in [2.45, 2.75) is 39.2 Å². The second-order valence-corrected chi connectivity index (χ2v) is 6.62. The van der Waals surface area contributed by atoms with Crippen molar-refractivity contribution in [2.24, 2.45) is 23.2 Å². The summed E-state index contributed by atoms with van der Waals surface area (Å²) in [5, 5.41) is 0. The first-order valence-corrected chi connectivity index (χ1v) is 6.96. The summed E-state index contributed by atoms with van der Waals surface area (Å²) in [6.45, 7) is 8.65. The fraction of sp³-hybridized carbons (Fsp3) is 0.733. The lowest BCUT2D eigenvalue weighted by Gasteiger charge is -2.42. The standard InChI is InChI=1S/C15H20O4/c1-8-4-12-10(9(2)14(17)19-12)6-15(3)7-18-13(16)5-11(8)15/h8,10-12H,2,4-7H2,1,3H3/t8-,10-,11+,12-,15-/m0/s1. The predicted molar refractivity (Wildman–Crippen MR) is 68.1 cm³/mol. The number of rotatable bonds is 0. The fourth-order valence-corrected chi connectivity index (χ4v) is 4.11. The monoisotopic (exact) mass is 264 g/mol. The highest BCUT2D eigenvalue weighted by molar-refractivity contribution is 5.90. The molecule has 0 bridgehead atoms. The van der Waals surface area contributed by atoms with Crippen molar-refractivity contribution in [3.8, 4) is 0 Å². The number of carbonyl (C=O) groups is 2. The van der Waals surface area contributed by atoms with Gasteiger partial charge in [0.15, 0.2) is 0 Å². The van der Waals surface area contributed by atoms with E-state index in [1.54, 1.807) is 0 Å². The number of hydrogen-bond donors (Lipinski definition) is 0. The largest absolute Gasteiger partial charge is 0.465 e. The molecule has 0 aromatic heterocycles. The Morgan fingerprint density at radius 1 is 1.37 bits per heavy atom. The fourth-order valence-electron chi connectivity index (χ4n) is 4.11. The maximum atomic E-state index is 11.7. The molecule has 0 spiro atoms. The summed E-state index contributed by atoms with van der Waals surface area (Å²) in [7, 11) is 0. The Morgan fingerprint density at radius 2 is 2.11 bits per heavy atom. The van der Waals surface area contributed by atoms with E-state index in [4.69, 9.17) is 9.47 Å². The van der Waals surface area contributed by atoms with Crippen molar-refractivity contribution < 1.29 is 19.1 Å². The van der Waals surface area contributed by atoms with E-state index in [0.29, 0.717) is 30.4 Å². The molecule has 3 rings (SSSR count). The van der Waals surface area contributed by atoms with E-state index in [1.165, 1.54) is 0 Å². The van der Waals surface area contributed by atoms with Gasteiger partial charge >= 0.3 is 11.9 Å². The highest BCUT2D eigenvalue weighted by atomic mass is 16.6. The van der Waals surface area contributed by atoms with E-state index < -0.39 is 0 Å². The van der Waals surface area contributed by atoms with Gasteiger partial charge in [-0.2, -0.15) is 0 Å². The van der Waals surface area contributed by atoms with Gasteiger partial charge in [0, 0.05) is 23.3 Å². The third kappa shape index (κ3) is 1.88. The number of hydrogen-bond acceptors (Lipinski definition) is 4. The van der Waals surface area contributed by atoms with E-state index in [9.17, 15) is 9.59 Å². The van der Waals surface area contributed by atoms with Crippen molar-refractivity contribution in [3.05, 3.63) is 12.2 Å². The van der Waals surface area contributed by atoms with Crippen LogP contribution in [-0.4, -0.2) is 24.6 Å². The van der Waals surface area contributed by atoms with Gasteiger partial charge in [0.05, 0.1) is 6.61 Å². The maximum Gasteiger partial charge on any atom is 0.334 e. The van der Waals surface area contributed by atoms with Crippen molar-refractivity contribution in [1.29, 1.82) is 0 Å². The molecule has 0 amide bonds. The summed E-state index contributed by atoms with van der Waals surface area (Å²) >= 11 is 0. The third-order valence-corrected chi connectivity index (χ3v) is 5.24. The third-order valence-electron chi connectivity index (χ3n) is 5.24.